The third kappa shape index (κ3) is 6.01. The number of nitrogens with zero attached hydrogens (tertiary/aromatic N) is 1. The average molecular weight is 671 g/mol. The molecule has 9 aromatic rings. The highest BCUT2D eigenvalue weighted by Gasteiger charge is 2.15. The van der Waals surface area contributed by atoms with Crippen molar-refractivity contribution < 1.29 is 0 Å². The second-order valence-electron chi connectivity index (χ2n) is 13.4. The molecule has 4 nitrogen and oxygen atoms in total. The third-order valence-electron chi connectivity index (χ3n) is 9.88. The summed E-state index contributed by atoms with van der Waals surface area (Å²) in [7, 11) is 0. The van der Waals surface area contributed by atoms with Gasteiger partial charge in [0.05, 0.1) is 11.0 Å². The number of rotatable bonds is 8. The number of benzene rings is 8. The molecule has 250 valence electrons. The first kappa shape index (κ1) is 31.2. The monoisotopic (exact) mass is 670 g/mol. The molecule has 52 heavy (non-hydrogen) atoms. The predicted octanol–water partition coefficient (Wildman–Crippen LogP) is 13.7. The van der Waals surface area contributed by atoms with Gasteiger partial charge in [-0.05, 0) is 131 Å². The molecule has 0 bridgehead atoms. The Morgan fingerprint density at radius 3 is 1.42 bits per heavy atom. The molecule has 8 aromatic carbocycles. The van der Waals surface area contributed by atoms with Crippen LogP contribution in [0.4, 0.5) is 34.1 Å². The zero-order chi connectivity index (χ0) is 35.0. The first-order chi connectivity index (χ1) is 25.6. The van der Waals surface area contributed by atoms with Gasteiger partial charge in [-0.25, -0.2) is 0 Å². The van der Waals surface area contributed by atoms with Crippen molar-refractivity contribution in [3.05, 3.63) is 181 Å². The fourth-order valence-corrected chi connectivity index (χ4v) is 7.26. The van der Waals surface area contributed by atoms with Gasteiger partial charge in [0.1, 0.15) is 0 Å². The molecule has 0 saturated heterocycles. The lowest BCUT2D eigenvalue weighted by Gasteiger charge is -2.13. The van der Waals surface area contributed by atoms with Crippen molar-refractivity contribution in [2.24, 2.45) is 0 Å². The zero-order valence-corrected chi connectivity index (χ0v) is 29.2. The number of nitrogens with one attached hydrogen (secondary N) is 3. The fraction of sp³-hybridized carbons (Fsp3) is 0.0417. The van der Waals surface area contributed by atoms with Crippen LogP contribution in [-0.4, -0.2) is 4.57 Å². The van der Waals surface area contributed by atoms with Crippen LogP contribution in [-0.2, 0) is 0 Å². The number of aryl methyl sites for hydroxylation is 1. The summed E-state index contributed by atoms with van der Waals surface area (Å²) >= 11 is 0. The Balaban J connectivity index is 1.12. The molecule has 0 fully saturated rings. The van der Waals surface area contributed by atoms with Crippen LogP contribution >= 0.6 is 0 Å². The third-order valence-corrected chi connectivity index (χ3v) is 9.88. The van der Waals surface area contributed by atoms with Crippen LogP contribution in [0.5, 0.6) is 0 Å². The van der Waals surface area contributed by atoms with Gasteiger partial charge in [0.2, 0.25) is 0 Å². The maximum absolute atomic E-state index is 3.68. The molecule has 0 saturated carbocycles. The molecule has 0 radical (unpaired) electrons. The standard InChI is InChI=1S/C48H38N4/c1-3-8-35-27-39(16-13-32(35)2)50-42-21-25-45-46-26-22-43(51-41-18-15-34-10-5-7-12-37(34)29-41)31-48(46)52(47(45)30-42)44-23-19-38(20-24-44)49-40-17-14-33-9-4-6-11-36(33)28-40/h3-31,49-51H,1-2H3/b8-3-. The summed E-state index contributed by atoms with van der Waals surface area (Å²) in [6, 6.07) is 58.6. The smallest absolute Gasteiger partial charge is 0.0561 e. The number of fused-ring (bicyclic) bond motifs is 5. The first-order valence-electron chi connectivity index (χ1n) is 17.8. The van der Waals surface area contributed by atoms with E-state index in [0.717, 1.165) is 50.8 Å². The molecule has 3 N–H and O–H groups in total. The summed E-state index contributed by atoms with van der Waals surface area (Å²) in [5, 5.41) is 18.3. The molecule has 0 amide bonds. The maximum Gasteiger partial charge on any atom is 0.0561 e. The van der Waals surface area contributed by atoms with Gasteiger partial charge < -0.3 is 20.5 Å². The Morgan fingerprint density at radius 1 is 0.423 bits per heavy atom. The minimum absolute atomic E-state index is 1.04. The fourth-order valence-electron chi connectivity index (χ4n) is 7.26. The molecular formula is C48H38N4. The van der Waals surface area contributed by atoms with Crippen LogP contribution in [0.3, 0.4) is 0 Å². The average Bonchev–Trinajstić information content (AvgIpc) is 3.49. The van der Waals surface area contributed by atoms with Crippen LogP contribution in [0.25, 0.3) is 55.1 Å². The van der Waals surface area contributed by atoms with Gasteiger partial charge >= 0.3 is 0 Å². The molecule has 0 aliphatic carbocycles. The highest BCUT2D eigenvalue weighted by molar-refractivity contribution is 6.11. The summed E-state index contributed by atoms with van der Waals surface area (Å²) in [4.78, 5) is 0. The van der Waals surface area contributed by atoms with Crippen molar-refractivity contribution in [1.82, 2.24) is 4.57 Å². The van der Waals surface area contributed by atoms with E-state index in [2.05, 4.69) is 210 Å². The van der Waals surface area contributed by atoms with Crippen molar-refractivity contribution in [1.29, 1.82) is 0 Å². The predicted molar refractivity (Wildman–Crippen MR) is 224 cm³/mol. The van der Waals surface area contributed by atoms with E-state index in [9.17, 15) is 0 Å². The Hall–Kier alpha value is -6.78. The highest BCUT2D eigenvalue weighted by Crippen LogP contribution is 2.37. The van der Waals surface area contributed by atoms with Crippen molar-refractivity contribution in [2.75, 3.05) is 16.0 Å². The van der Waals surface area contributed by atoms with E-state index in [4.69, 9.17) is 0 Å². The zero-order valence-electron chi connectivity index (χ0n) is 29.2. The Morgan fingerprint density at radius 2 is 0.865 bits per heavy atom. The lowest BCUT2D eigenvalue weighted by molar-refractivity contribution is 1.18. The highest BCUT2D eigenvalue weighted by atomic mass is 15.0. The van der Waals surface area contributed by atoms with E-state index in [1.165, 1.54) is 43.4 Å². The Bertz CT molecular complexity index is 2790. The van der Waals surface area contributed by atoms with Crippen LogP contribution in [0.2, 0.25) is 0 Å². The number of aromatic nitrogens is 1. The van der Waals surface area contributed by atoms with E-state index in [1.54, 1.807) is 0 Å². The summed E-state index contributed by atoms with van der Waals surface area (Å²) in [5.74, 6) is 0. The summed E-state index contributed by atoms with van der Waals surface area (Å²) in [6.07, 6.45) is 4.24. The Kier molecular flexibility index (Phi) is 7.90. The summed E-state index contributed by atoms with van der Waals surface area (Å²) in [6.45, 7) is 4.20. The maximum atomic E-state index is 3.68. The number of hydrogen-bond acceptors (Lipinski definition) is 3. The molecule has 4 heteroatoms. The van der Waals surface area contributed by atoms with Gasteiger partial charge in [-0.2, -0.15) is 0 Å². The van der Waals surface area contributed by atoms with Gasteiger partial charge in [-0.15, -0.1) is 0 Å². The Labute approximate surface area is 303 Å². The molecule has 0 unspecified atom stereocenters. The molecule has 0 aliphatic heterocycles. The van der Waals surface area contributed by atoms with E-state index in [-0.39, 0.29) is 0 Å². The van der Waals surface area contributed by atoms with Crippen molar-refractivity contribution in [3.63, 3.8) is 0 Å². The van der Waals surface area contributed by atoms with Crippen molar-refractivity contribution in [2.45, 2.75) is 13.8 Å². The SMILES string of the molecule is C/C=C\c1cc(Nc2ccc3c4ccc(Nc5ccc6ccccc6c5)cc4n(-c4ccc(Nc5ccc6ccccc6c5)cc4)c3c2)ccc1C. The van der Waals surface area contributed by atoms with Crippen LogP contribution in [0.1, 0.15) is 18.1 Å². The lowest BCUT2D eigenvalue weighted by Crippen LogP contribution is -1.97. The van der Waals surface area contributed by atoms with Gasteiger partial charge in [0.15, 0.2) is 0 Å². The minimum atomic E-state index is 1.04. The van der Waals surface area contributed by atoms with Crippen molar-refractivity contribution >= 4 is 83.6 Å². The second-order valence-corrected chi connectivity index (χ2v) is 13.4. The second kappa shape index (κ2) is 13.2. The largest absolute Gasteiger partial charge is 0.356 e. The van der Waals surface area contributed by atoms with Crippen LogP contribution in [0.15, 0.2) is 170 Å². The normalized spacial score (nSPS) is 11.6. The van der Waals surface area contributed by atoms with Crippen LogP contribution < -0.4 is 16.0 Å². The molecule has 0 atom stereocenters. The topological polar surface area (TPSA) is 41.0 Å². The van der Waals surface area contributed by atoms with Gasteiger partial charge in [-0.3, -0.25) is 0 Å². The van der Waals surface area contributed by atoms with E-state index in [1.807, 2.05) is 0 Å². The molecule has 1 aromatic heterocycles. The van der Waals surface area contributed by atoms with E-state index >= 15 is 0 Å². The van der Waals surface area contributed by atoms with Gasteiger partial charge in [0.25, 0.3) is 0 Å². The summed E-state index contributed by atoms with van der Waals surface area (Å²) < 4.78 is 2.38. The molecule has 9 rings (SSSR count). The quantitative estimate of drug-likeness (QED) is 0.151. The lowest BCUT2D eigenvalue weighted by atomic mass is 10.1. The minimum Gasteiger partial charge on any atom is -0.356 e. The first-order valence-corrected chi connectivity index (χ1v) is 17.8. The number of hydrogen-bond donors (Lipinski definition) is 3. The number of allylic oxidation sites excluding steroid dienone is 1. The molecule has 0 spiro atoms. The van der Waals surface area contributed by atoms with Crippen molar-refractivity contribution in [3.8, 4) is 5.69 Å². The van der Waals surface area contributed by atoms with Gasteiger partial charge in [0, 0.05) is 50.6 Å². The molecule has 0 aliphatic rings. The summed E-state index contributed by atoms with van der Waals surface area (Å²) in [5.41, 5.74) is 12.1. The van der Waals surface area contributed by atoms with E-state index in [0.29, 0.717) is 0 Å². The van der Waals surface area contributed by atoms with Gasteiger partial charge in [-0.1, -0.05) is 91.0 Å². The molecule has 1 heterocycles. The van der Waals surface area contributed by atoms with Crippen LogP contribution in [0, 0.1) is 6.92 Å². The molecular weight excluding hydrogens is 633 g/mol. The number of anilines is 6. The van der Waals surface area contributed by atoms with E-state index < -0.39 is 0 Å².